The molecule has 3 fully saturated rings. The first-order valence-corrected chi connectivity index (χ1v) is 9.13. The van der Waals surface area contributed by atoms with Gasteiger partial charge in [0.25, 0.3) is 0 Å². The molecule has 140 valence electrons. The predicted molar refractivity (Wildman–Crippen MR) is 87.7 cm³/mol. The Kier molecular flexibility index (Phi) is 4.57. The Labute approximate surface area is 146 Å². The van der Waals surface area contributed by atoms with Crippen LogP contribution in [0, 0.1) is 0 Å². The Hall–Kier alpha value is -1.42. The van der Waals surface area contributed by atoms with Gasteiger partial charge < -0.3 is 35.2 Å². The minimum Gasteiger partial charge on any atom is -0.394 e. The van der Waals surface area contributed by atoms with Gasteiger partial charge in [-0.3, -0.25) is 4.79 Å². The monoisotopic (exact) mass is 354 g/mol. The first kappa shape index (κ1) is 17.0. The minimum absolute atomic E-state index is 0.111. The Morgan fingerprint density at radius 2 is 1.96 bits per heavy atom. The summed E-state index contributed by atoms with van der Waals surface area (Å²) in [6, 6.07) is -0.721. The van der Waals surface area contributed by atoms with Crippen LogP contribution in [-0.4, -0.2) is 99.9 Å². The first-order valence-electron chi connectivity index (χ1n) is 9.13. The average Bonchev–Trinajstić information content (AvgIpc) is 3.15. The van der Waals surface area contributed by atoms with Crippen molar-refractivity contribution < 1.29 is 24.9 Å². The number of fused-ring (bicyclic) bond motifs is 1. The van der Waals surface area contributed by atoms with Crippen LogP contribution in [-0.2, 0) is 9.53 Å². The summed E-state index contributed by atoms with van der Waals surface area (Å²) in [7, 11) is 0. The molecule has 4 N–H and O–H groups in total. The number of piperidine rings is 2. The molecule has 4 heterocycles. The maximum Gasteiger partial charge on any atom is 0.247 e. The van der Waals surface area contributed by atoms with Crippen LogP contribution < -0.4 is 5.32 Å². The summed E-state index contributed by atoms with van der Waals surface area (Å²) >= 11 is 0. The largest absolute Gasteiger partial charge is 0.394 e. The number of nitrogens with zero attached hydrogens (tertiary/aromatic N) is 3. The second-order valence-corrected chi connectivity index (χ2v) is 7.20. The molecule has 6 atom stereocenters. The summed E-state index contributed by atoms with van der Waals surface area (Å²) in [4.78, 5) is 21.0. The molecule has 0 spiro atoms. The maximum atomic E-state index is 12.3. The Balaban J connectivity index is 1.65. The standard InChI is InChI=1S/C16H26N4O5/c21-8-10-12(22)13(23)15(25-10)20-9-4-5-17-14(24)11(9)18-16(20)19-6-2-1-3-7-19/h9-13,15,21-23H,1-8H2,(H,17,24). The molecule has 0 aromatic carbocycles. The fourth-order valence-electron chi connectivity index (χ4n) is 4.31. The molecule has 0 radical (unpaired) electrons. The zero-order valence-electron chi connectivity index (χ0n) is 14.1. The molecule has 6 unspecified atom stereocenters. The SMILES string of the molecule is O=C1NCCC2C1N=C(N1CCCCC1)N2C1OC(CO)C(O)C1O. The fourth-order valence-corrected chi connectivity index (χ4v) is 4.31. The van der Waals surface area contributed by atoms with E-state index in [4.69, 9.17) is 4.74 Å². The average molecular weight is 354 g/mol. The first-order chi connectivity index (χ1) is 12.1. The molecule has 4 aliphatic heterocycles. The lowest BCUT2D eigenvalue weighted by atomic mass is 9.99. The van der Waals surface area contributed by atoms with Crippen LogP contribution in [0.4, 0.5) is 0 Å². The number of likely N-dealkylation sites (tertiary alicyclic amines) is 1. The molecule has 3 saturated heterocycles. The minimum atomic E-state index is -1.16. The highest BCUT2D eigenvalue weighted by Gasteiger charge is 2.53. The van der Waals surface area contributed by atoms with Gasteiger partial charge in [0.1, 0.15) is 18.3 Å². The lowest BCUT2D eigenvalue weighted by Crippen LogP contribution is -2.59. The van der Waals surface area contributed by atoms with Crippen LogP contribution in [0.5, 0.6) is 0 Å². The highest BCUT2D eigenvalue weighted by molar-refractivity contribution is 5.92. The predicted octanol–water partition coefficient (Wildman–Crippen LogP) is -2.16. The number of ether oxygens (including phenoxy) is 1. The number of nitrogens with one attached hydrogen (secondary N) is 1. The van der Waals surface area contributed by atoms with E-state index in [2.05, 4.69) is 15.2 Å². The molecule has 0 aliphatic carbocycles. The number of carbonyl (C=O) groups is 1. The molecule has 4 rings (SSSR count). The van der Waals surface area contributed by atoms with E-state index in [1.165, 1.54) is 6.42 Å². The highest BCUT2D eigenvalue weighted by atomic mass is 16.6. The van der Waals surface area contributed by atoms with Gasteiger partial charge in [-0.2, -0.15) is 0 Å². The van der Waals surface area contributed by atoms with Gasteiger partial charge in [-0.25, -0.2) is 4.99 Å². The smallest absolute Gasteiger partial charge is 0.247 e. The van der Waals surface area contributed by atoms with Crippen molar-refractivity contribution in [3.8, 4) is 0 Å². The number of hydrogen-bond acceptors (Lipinski definition) is 8. The van der Waals surface area contributed by atoms with Gasteiger partial charge in [-0.1, -0.05) is 0 Å². The van der Waals surface area contributed by atoms with E-state index < -0.39 is 30.6 Å². The molecule has 4 aliphatic rings. The zero-order valence-corrected chi connectivity index (χ0v) is 14.1. The summed E-state index contributed by atoms with van der Waals surface area (Å²) in [5, 5.41) is 32.9. The lowest BCUT2D eigenvalue weighted by molar-refractivity contribution is -0.127. The molecule has 1 amide bonds. The molecule has 0 aromatic rings. The van der Waals surface area contributed by atoms with Gasteiger partial charge in [0.05, 0.1) is 12.6 Å². The Morgan fingerprint density at radius 3 is 2.64 bits per heavy atom. The van der Waals surface area contributed by atoms with Gasteiger partial charge in [-0.15, -0.1) is 0 Å². The lowest BCUT2D eigenvalue weighted by Gasteiger charge is -2.41. The molecule has 0 saturated carbocycles. The van der Waals surface area contributed by atoms with Crippen molar-refractivity contribution in [3.63, 3.8) is 0 Å². The summed E-state index contributed by atoms with van der Waals surface area (Å²) < 4.78 is 5.76. The quantitative estimate of drug-likeness (QED) is 0.446. The third kappa shape index (κ3) is 2.79. The van der Waals surface area contributed by atoms with Crippen molar-refractivity contribution >= 4 is 11.9 Å². The van der Waals surface area contributed by atoms with Crippen molar-refractivity contribution in [3.05, 3.63) is 0 Å². The summed E-state index contributed by atoms with van der Waals surface area (Å²) in [6.07, 6.45) is 0.0291. The number of aliphatic hydroxyl groups is 3. The highest BCUT2D eigenvalue weighted by Crippen LogP contribution is 2.34. The van der Waals surface area contributed by atoms with Crippen LogP contribution >= 0.6 is 0 Å². The number of hydrogen-bond donors (Lipinski definition) is 4. The van der Waals surface area contributed by atoms with E-state index in [9.17, 15) is 20.1 Å². The Morgan fingerprint density at radius 1 is 1.20 bits per heavy atom. The van der Waals surface area contributed by atoms with Crippen molar-refractivity contribution in [2.75, 3.05) is 26.2 Å². The van der Waals surface area contributed by atoms with Crippen LogP contribution in [0.15, 0.2) is 4.99 Å². The number of carbonyl (C=O) groups excluding carboxylic acids is 1. The van der Waals surface area contributed by atoms with E-state index in [0.29, 0.717) is 18.9 Å². The third-order valence-electron chi connectivity index (χ3n) is 5.65. The number of rotatable bonds is 2. The van der Waals surface area contributed by atoms with Gasteiger partial charge in [0.15, 0.2) is 18.2 Å². The summed E-state index contributed by atoms with van der Waals surface area (Å²) in [5.41, 5.74) is 0. The maximum absolute atomic E-state index is 12.3. The molecular formula is C16H26N4O5. The molecule has 0 bridgehead atoms. The zero-order chi connectivity index (χ0) is 17.6. The van der Waals surface area contributed by atoms with Gasteiger partial charge >= 0.3 is 0 Å². The second-order valence-electron chi connectivity index (χ2n) is 7.20. The topological polar surface area (TPSA) is 118 Å². The number of guanidine groups is 1. The summed E-state index contributed by atoms with van der Waals surface area (Å²) in [5.74, 6) is 0.557. The van der Waals surface area contributed by atoms with Gasteiger partial charge in [0.2, 0.25) is 5.91 Å². The van der Waals surface area contributed by atoms with Crippen LogP contribution in [0.2, 0.25) is 0 Å². The van der Waals surface area contributed by atoms with Gasteiger partial charge in [-0.05, 0) is 25.7 Å². The second kappa shape index (κ2) is 6.71. The molecule has 25 heavy (non-hydrogen) atoms. The van der Waals surface area contributed by atoms with Crippen molar-refractivity contribution in [2.45, 2.75) is 62.3 Å². The number of amides is 1. The molecule has 9 heteroatoms. The van der Waals surface area contributed by atoms with E-state index in [0.717, 1.165) is 25.9 Å². The van der Waals surface area contributed by atoms with E-state index in [1.807, 2.05) is 4.90 Å². The van der Waals surface area contributed by atoms with Crippen LogP contribution in [0.1, 0.15) is 25.7 Å². The van der Waals surface area contributed by atoms with E-state index in [1.54, 1.807) is 0 Å². The van der Waals surface area contributed by atoms with Crippen molar-refractivity contribution in [1.29, 1.82) is 0 Å². The molecule has 0 aromatic heterocycles. The summed E-state index contributed by atoms with van der Waals surface area (Å²) in [6.45, 7) is 1.89. The number of aliphatic imine (C=N–C) groups is 1. The third-order valence-corrected chi connectivity index (χ3v) is 5.65. The molecular weight excluding hydrogens is 328 g/mol. The van der Waals surface area contributed by atoms with E-state index in [-0.39, 0.29) is 18.6 Å². The van der Waals surface area contributed by atoms with Crippen molar-refractivity contribution in [1.82, 2.24) is 15.1 Å². The fraction of sp³-hybridized carbons (Fsp3) is 0.875. The van der Waals surface area contributed by atoms with Crippen molar-refractivity contribution in [2.24, 2.45) is 4.99 Å². The van der Waals surface area contributed by atoms with E-state index >= 15 is 0 Å². The molecule has 9 nitrogen and oxygen atoms in total. The normalized spacial score (nSPS) is 41.6. The van der Waals surface area contributed by atoms with Crippen LogP contribution in [0.25, 0.3) is 0 Å². The van der Waals surface area contributed by atoms with Crippen LogP contribution in [0.3, 0.4) is 0 Å². The number of aliphatic hydroxyl groups excluding tert-OH is 3. The Bertz CT molecular complexity index is 553. The van der Waals surface area contributed by atoms with Gasteiger partial charge in [0, 0.05) is 19.6 Å².